The molecule has 2 nitrogen and oxygen atoms in total. The monoisotopic (exact) mass is 178 g/mol. The van der Waals surface area contributed by atoms with Crippen LogP contribution in [0.2, 0.25) is 0 Å². The van der Waals surface area contributed by atoms with Gasteiger partial charge in [0.05, 0.1) is 12.5 Å². The molecule has 0 saturated heterocycles. The minimum absolute atomic E-state index is 0.792. The van der Waals surface area contributed by atoms with E-state index in [-0.39, 0.29) is 0 Å². The van der Waals surface area contributed by atoms with Crippen LogP contribution in [0.3, 0.4) is 0 Å². The molecular formula is C6H10O2S2. The van der Waals surface area contributed by atoms with E-state index in [0.29, 0.717) is 0 Å². The van der Waals surface area contributed by atoms with Crippen LogP contribution in [0.1, 0.15) is 0 Å². The van der Waals surface area contributed by atoms with Crippen molar-refractivity contribution in [3.05, 3.63) is 24.7 Å². The summed E-state index contributed by atoms with van der Waals surface area (Å²) >= 11 is 0. The summed E-state index contributed by atoms with van der Waals surface area (Å²) < 4.78 is 0. The molecule has 0 aliphatic rings. The van der Waals surface area contributed by atoms with Crippen molar-refractivity contribution in [2.24, 2.45) is 0 Å². The highest BCUT2D eigenvalue weighted by atomic mass is 33.1. The highest BCUT2D eigenvalue weighted by Gasteiger charge is 1.82. The lowest BCUT2D eigenvalue weighted by atomic mass is 10.7. The van der Waals surface area contributed by atoms with Crippen LogP contribution in [0, 0.1) is 0 Å². The van der Waals surface area contributed by atoms with E-state index >= 15 is 0 Å². The van der Waals surface area contributed by atoms with Crippen LogP contribution in [0.5, 0.6) is 0 Å². The molecule has 0 aromatic heterocycles. The van der Waals surface area contributed by atoms with E-state index < -0.39 is 0 Å². The molecule has 0 fully saturated rings. The first-order valence-electron chi connectivity index (χ1n) is 2.74. The Kier molecular flexibility index (Phi) is 8.59. The second kappa shape index (κ2) is 8.78. The van der Waals surface area contributed by atoms with Crippen molar-refractivity contribution in [1.82, 2.24) is 0 Å². The summed E-state index contributed by atoms with van der Waals surface area (Å²) in [4.78, 5) is 0. The summed E-state index contributed by atoms with van der Waals surface area (Å²) in [6.45, 7) is 0. The first-order chi connectivity index (χ1) is 4.91. The maximum Gasteiger partial charge on any atom is 0.0760 e. The molecule has 0 aromatic carbocycles. The van der Waals surface area contributed by atoms with Crippen LogP contribution in [-0.4, -0.2) is 21.7 Å². The van der Waals surface area contributed by atoms with Crippen LogP contribution in [0.4, 0.5) is 0 Å². The molecule has 0 atom stereocenters. The SMILES string of the molecule is OC=CCSSCC=CO. The quantitative estimate of drug-likeness (QED) is 0.385. The average molecular weight is 178 g/mol. The molecule has 0 amide bonds. The normalized spacial score (nSPS) is 11.6. The Morgan fingerprint density at radius 3 is 1.60 bits per heavy atom. The smallest absolute Gasteiger partial charge is 0.0760 e. The van der Waals surface area contributed by atoms with Crippen molar-refractivity contribution < 1.29 is 10.2 Å². The van der Waals surface area contributed by atoms with Crippen LogP contribution < -0.4 is 0 Å². The fraction of sp³-hybridized carbons (Fsp3) is 0.333. The number of aliphatic hydroxyl groups excluding tert-OH is 2. The molecule has 0 aliphatic heterocycles. The fourth-order valence-corrected chi connectivity index (χ4v) is 1.83. The Hall–Kier alpha value is -0.220. The molecule has 0 spiro atoms. The van der Waals surface area contributed by atoms with E-state index in [9.17, 15) is 0 Å². The van der Waals surface area contributed by atoms with Gasteiger partial charge in [0.2, 0.25) is 0 Å². The van der Waals surface area contributed by atoms with E-state index in [1.165, 1.54) is 0 Å². The number of rotatable bonds is 5. The number of hydrogen-bond acceptors (Lipinski definition) is 4. The average Bonchev–Trinajstić information content (AvgIpc) is 1.97. The Bertz CT molecular complexity index is 98.3. The van der Waals surface area contributed by atoms with Crippen molar-refractivity contribution in [1.29, 1.82) is 0 Å². The highest BCUT2D eigenvalue weighted by Crippen LogP contribution is 2.20. The molecule has 0 aliphatic carbocycles. The lowest BCUT2D eigenvalue weighted by molar-refractivity contribution is 0.472. The molecule has 4 heteroatoms. The van der Waals surface area contributed by atoms with E-state index in [1.807, 2.05) is 0 Å². The largest absolute Gasteiger partial charge is 0.516 e. The Morgan fingerprint density at radius 2 is 1.30 bits per heavy atom. The molecule has 0 unspecified atom stereocenters. The second-order valence-corrected chi connectivity index (χ2v) is 3.89. The van der Waals surface area contributed by atoms with Crippen LogP contribution >= 0.6 is 21.6 Å². The third kappa shape index (κ3) is 7.78. The van der Waals surface area contributed by atoms with Crippen molar-refractivity contribution in [2.75, 3.05) is 11.5 Å². The van der Waals surface area contributed by atoms with Gasteiger partial charge in [-0.25, -0.2) is 0 Å². The third-order valence-corrected chi connectivity index (χ3v) is 2.76. The Balaban J connectivity index is 2.90. The summed E-state index contributed by atoms with van der Waals surface area (Å²) in [5, 5.41) is 16.4. The van der Waals surface area contributed by atoms with Crippen LogP contribution in [0.25, 0.3) is 0 Å². The van der Waals surface area contributed by atoms with Crippen molar-refractivity contribution >= 4 is 21.6 Å². The van der Waals surface area contributed by atoms with Gasteiger partial charge in [-0.05, 0) is 12.2 Å². The summed E-state index contributed by atoms with van der Waals surface area (Å²) in [5.41, 5.74) is 0. The van der Waals surface area contributed by atoms with Gasteiger partial charge in [0, 0.05) is 11.5 Å². The van der Waals surface area contributed by atoms with Crippen molar-refractivity contribution in [3.63, 3.8) is 0 Å². The summed E-state index contributed by atoms with van der Waals surface area (Å²) in [5.74, 6) is 1.58. The maximum atomic E-state index is 8.21. The van der Waals surface area contributed by atoms with E-state index in [0.717, 1.165) is 24.0 Å². The predicted molar refractivity (Wildman–Crippen MR) is 48.5 cm³/mol. The zero-order valence-corrected chi connectivity index (χ0v) is 7.07. The van der Waals surface area contributed by atoms with Gasteiger partial charge in [0.15, 0.2) is 0 Å². The molecular weight excluding hydrogens is 168 g/mol. The zero-order valence-electron chi connectivity index (χ0n) is 5.43. The maximum absolute atomic E-state index is 8.21. The van der Waals surface area contributed by atoms with Gasteiger partial charge in [-0.15, -0.1) is 0 Å². The molecule has 0 bridgehead atoms. The summed E-state index contributed by atoms with van der Waals surface area (Å²) in [6, 6.07) is 0. The number of aliphatic hydroxyl groups is 2. The first kappa shape index (κ1) is 9.78. The topological polar surface area (TPSA) is 40.5 Å². The van der Waals surface area contributed by atoms with Gasteiger partial charge < -0.3 is 10.2 Å². The molecule has 2 N–H and O–H groups in total. The van der Waals surface area contributed by atoms with Crippen molar-refractivity contribution in [3.8, 4) is 0 Å². The van der Waals surface area contributed by atoms with Crippen LogP contribution in [-0.2, 0) is 0 Å². The first-order valence-corrected chi connectivity index (χ1v) is 5.23. The van der Waals surface area contributed by atoms with E-state index in [1.54, 1.807) is 33.7 Å². The Labute approximate surface area is 68.4 Å². The van der Waals surface area contributed by atoms with Crippen LogP contribution in [0.15, 0.2) is 24.7 Å². The van der Waals surface area contributed by atoms with Gasteiger partial charge >= 0.3 is 0 Å². The molecule has 0 radical (unpaired) electrons. The van der Waals surface area contributed by atoms with E-state index in [2.05, 4.69) is 0 Å². The zero-order chi connectivity index (χ0) is 7.66. The molecule has 10 heavy (non-hydrogen) atoms. The standard InChI is InChI=1S/C6H10O2S2/c7-3-1-5-9-10-6-2-4-8/h1-4,7-8H,5-6H2. The summed E-state index contributed by atoms with van der Waals surface area (Å²) in [7, 11) is 3.25. The fourth-order valence-electron chi connectivity index (χ4n) is 0.261. The molecule has 0 aromatic rings. The van der Waals surface area contributed by atoms with Gasteiger partial charge in [-0.3, -0.25) is 0 Å². The predicted octanol–water partition coefficient (Wildman–Crippen LogP) is 2.51. The third-order valence-electron chi connectivity index (χ3n) is 0.623. The minimum Gasteiger partial charge on any atom is -0.516 e. The second-order valence-electron chi connectivity index (χ2n) is 1.34. The van der Waals surface area contributed by atoms with E-state index in [4.69, 9.17) is 10.2 Å². The van der Waals surface area contributed by atoms with Gasteiger partial charge in [-0.2, -0.15) is 0 Å². The van der Waals surface area contributed by atoms with Crippen molar-refractivity contribution in [2.45, 2.75) is 0 Å². The lowest BCUT2D eigenvalue weighted by Gasteiger charge is -1.90. The Morgan fingerprint density at radius 1 is 0.900 bits per heavy atom. The number of hydrogen-bond donors (Lipinski definition) is 2. The minimum atomic E-state index is 0.792. The molecule has 0 saturated carbocycles. The van der Waals surface area contributed by atoms with Gasteiger partial charge in [0.1, 0.15) is 0 Å². The van der Waals surface area contributed by atoms with Gasteiger partial charge in [-0.1, -0.05) is 21.6 Å². The lowest BCUT2D eigenvalue weighted by Crippen LogP contribution is -1.68. The molecule has 0 rings (SSSR count). The molecule has 0 heterocycles. The summed E-state index contributed by atoms with van der Waals surface area (Å²) in [6.07, 6.45) is 5.41. The highest BCUT2D eigenvalue weighted by molar-refractivity contribution is 8.76. The van der Waals surface area contributed by atoms with Gasteiger partial charge in [0.25, 0.3) is 0 Å². The molecule has 58 valence electrons.